The quantitative estimate of drug-likeness (QED) is 0.671. The maximum absolute atomic E-state index is 13.1. The topological polar surface area (TPSA) is 117 Å². The van der Waals surface area contributed by atoms with Crippen molar-refractivity contribution < 1.29 is 21.6 Å². The highest BCUT2D eigenvalue weighted by molar-refractivity contribution is 7.89. The first-order valence-corrected chi connectivity index (χ1v) is 9.13. The van der Waals surface area contributed by atoms with Gasteiger partial charge in [-0.1, -0.05) is 23.2 Å². The summed E-state index contributed by atoms with van der Waals surface area (Å²) in [5.74, 6) is -1.90. The van der Waals surface area contributed by atoms with E-state index in [1.807, 2.05) is 0 Å². The van der Waals surface area contributed by atoms with Crippen molar-refractivity contribution in [2.45, 2.75) is 11.2 Å². The van der Waals surface area contributed by atoms with E-state index in [1.165, 1.54) is 18.2 Å². The van der Waals surface area contributed by atoms with Gasteiger partial charge in [-0.3, -0.25) is 0 Å². The van der Waals surface area contributed by atoms with Crippen molar-refractivity contribution in [2.24, 2.45) is 5.14 Å². The van der Waals surface area contributed by atoms with Crippen LogP contribution in [0.4, 0.5) is 13.2 Å². The van der Waals surface area contributed by atoms with Crippen molar-refractivity contribution >= 4 is 33.2 Å². The van der Waals surface area contributed by atoms with E-state index in [4.69, 9.17) is 28.3 Å². The number of nitrogens with two attached hydrogens (primary N) is 1. The fraction of sp³-hybridized carbons (Fsp3) is 0.0769. The predicted molar refractivity (Wildman–Crippen MR) is 88.8 cm³/mol. The molecule has 8 nitrogen and oxygen atoms in total. The van der Waals surface area contributed by atoms with Gasteiger partial charge in [0.15, 0.2) is 16.7 Å². The van der Waals surface area contributed by atoms with E-state index < -0.39 is 27.0 Å². The molecule has 0 aliphatic heterocycles. The lowest BCUT2D eigenvalue weighted by Crippen LogP contribution is -2.15. The predicted octanol–water partition coefficient (Wildman–Crippen LogP) is 2.70. The highest BCUT2D eigenvalue weighted by atomic mass is 35.5. The van der Waals surface area contributed by atoms with Crippen LogP contribution >= 0.6 is 23.2 Å². The van der Waals surface area contributed by atoms with Gasteiger partial charge in [0, 0.05) is 5.56 Å². The Kier molecular flexibility index (Phi) is 4.84. The first kappa shape index (κ1) is 19.5. The van der Waals surface area contributed by atoms with Crippen molar-refractivity contribution in [1.29, 1.82) is 0 Å². The molecule has 0 saturated carbocycles. The fourth-order valence-corrected chi connectivity index (χ4v) is 2.70. The highest BCUT2D eigenvalue weighted by Gasteiger charge is 2.37. The number of sulfonamides is 1. The number of nitrogens with zero attached hydrogens (tertiary/aromatic N) is 5. The summed E-state index contributed by atoms with van der Waals surface area (Å²) < 4.78 is 62.4. The van der Waals surface area contributed by atoms with Crippen LogP contribution in [0, 0.1) is 0 Å². The molecule has 0 saturated heterocycles. The summed E-state index contributed by atoms with van der Waals surface area (Å²) in [5, 5.41) is 15.0. The Morgan fingerprint density at radius 1 is 1.04 bits per heavy atom. The van der Waals surface area contributed by atoms with Gasteiger partial charge < -0.3 is 0 Å². The zero-order valence-electron chi connectivity index (χ0n) is 12.8. The van der Waals surface area contributed by atoms with Gasteiger partial charge in [0.1, 0.15) is 0 Å². The minimum absolute atomic E-state index is 0.0907. The molecule has 3 aromatic rings. The van der Waals surface area contributed by atoms with E-state index in [0.29, 0.717) is 0 Å². The number of primary sulfonamides is 1. The second-order valence-electron chi connectivity index (χ2n) is 5.07. The highest BCUT2D eigenvalue weighted by Crippen LogP contribution is 2.32. The number of hydrogen-bond donors (Lipinski definition) is 1. The zero-order valence-corrected chi connectivity index (χ0v) is 15.1. The summed E-state index contributed by atoms with van der Waals surface area (Å²) in [6.07, 6.45) is -4.83. The molecule has 2 N–H and O–H groups in total. The lowest BCUT2D eigenvalue weighted by Gasteiger charge is -2.06. The largest absolute Gasteiger partial charge is 0.453 e. The lowest BCUT2D eigenvalue weighted by atomic mass is 10.2. The molecule has 2 aromatic heterocycles. The Labute approximate surface area is 159 Å². The third-order valence-electron chi connectivity index (χ3n) is 3.17. The van der Waals surface area contributed by atoms with Crippen LogP contribution in [-0.4, -0.2) is 33.4 Å². The zero-order chi connectivity index (χ0) is 20.0. The number of benzene rings is 1. The average Bonchev–Trinajstić information content (AvgIpc) is 3.02. The second kappa shape index (κ2) is 6.71. The molecule has 0 radical (unpaired) electrons. The number of halogens is 5. The van der Waals surface area contributed by atoms with Crippen LogP contribution in [0.3, 0.4) is 0 Å². The maximum Gasteiger partial charge on any atom is 0.453 e. The molecule has 0 amide bonds. The smallest absolute Gasteiger partial charge is 0.223 e. The van der Waals surface area contributed by atoms with Crippen LogP contribution in [0.2, 0.25) is 10.0 Å². The van der Waals surface area contributed by atoms with E-state index in [9.17, 15) is 21.6 Å². The molecule has 27 heavy (non-hydrogen) atoms. The summed E-state index contributed by atoms with van der Waals surface area (Å²) in [6, 6.07) is 6.13. The summed E-state index contributed by atoms with van der Waals surface area (Å²) in [7, 11) is -4.12. The van der Waals surface area contributed by atoms with Crippen LogP contribution in [0.25, 0.3) is 17.2 Å². The average molecular weight is 439 g/mol. The van der Waals surface area contributed by atoms with Gasteiger partial charge in [-0.05, 0) is 30.3 Å². The van der Waals surface area contributed by atoms with Gasteiger partial charge in [-0.2, -0.15) is 17.9 Å². The Balaban J connectivity index is 2.19. The van der Waals surface area contributed by atoms with E-state index in [0.717, 1.165) is 16.8 Å². The van der Waals surface area contributed by atoms with Gasteiger partial charge in [0.05, 0.1) is 10.0 Å². The molecule has 142 valence electrons. The van der Waals surface area contributed by atoms with E-state index in [1.54, 1.807) is 0 Å². The molecular formula is C13H7Cl2F3N6O2S. The number of alkyl halides is 3. The van der Waals surface area contributed by atoms with Crippen LogP contribution < -0.4 is 5.14 Å². The maximum atomic E-state index is 13.1. The van der Waals surface area contributed by atoms with Crippen molar-refractivity contribution in [3.05, 3.63) is 46.2 Å². The molecule has 0 bridgehead atoms. The van der Waals surface area contributed by atoms with Crippen LogP contribution in [0.15, 0.2) is 35.4 Å². The Bertz CT molecular complexity index is 1120. The molecule has 0 atom stereocenters. The molecular weight excluding hydrogens is 432 g/mol. The molecule has 14 heteroatoms. The van der Waals surface area contributed by atoms with Crippen LogP contribution in [0.5, 0.6) is 0 Å². The molecule has 0 fully saturated rings. The van der Waals surface area contributed by atoms with E-state index >= 15 is 0 Å². The van der Waals surface area contributed by atoms with Gasteiger partial charge in [-0.25, -0.2) is 18.5 Å². The summed E-state index contributed by atoms with van der Waals surface area (Å²) in [6.45, 7) is 0. The van der Waals surface area contributed by atoms with E-state index in [-0.39, 0.29) is 27.3 Å². The third-order valence-corrected chi connectivity index (χ3v) is 4.71. The third kappa shape index (κ3) is 4.03. The molecule has 0 aliphatic rings. The SMILES string of the molecule is NS(=O)(=O)c1ccc(-n2nc(C(F)(F)F)nc2-c2ccc(Cl)c(Cl)c2)nn1. The number of rotatable bonds is 3. The molecule has 1 aromatic carbocycles. The normalized spacial score (nSPS) is 12.4. The Morgan fingerprint density at radius 2 is 1.74 bits per heavy atom. The fourth-order valence-electron chi connectivity index (χ4n) is 1.99. The summed E-state index contributed by atoms with van der Waals surface area (Å²) in [5.41, 5.74) is 0.171. The Morgan fingerprint density at radius 3 is 2.26 bits per heavy atom. The van der Waals surface area contributed by atoms with Gasteiger partial charge in [0.2, 0.25) is 0 Å². The van der Waals surface area contributed by atoms with Crippen LogP contribution in [0.1, 0.15) is 5.82 Å². The minimum Gasteiger partial charge on any atom is -0.223 e. The van der Waals surface area contributed by atoms with E-state index in [2.05, 4.69) is 20.3 Å². The van der Waals surface area contributed by atoms with Crippen molar-refractivity contribution in [3.8, 4) is 17.2 Å². The molecule has 3 rings (SSSR count). The molecule has 0 aliphatic carbocycles. The first-order valence-electron chi connectivity index (χ1n) is 6.83. The monoisotopic (exact) mass is 438 g/mol. The molecule has 0 spiro atoms. The number of hydrogen-bond acceptors (Lipinski definition) is 6. The minimum atomic E-state index is -4.83. The van der Waals surface area contributed by atoms with Gasteiger partial charge in [0.25, 0.3) is 15.8 Å². The van der Waals surface area contributed by atoms with Gasteiger partial charge >= 0.3 is 6.18 Å². The van der Waals surface area contributed by atoms with Crippen LogP contribution in [-0.2, 0) is 16.2 Å². The van der Waals surface area contributed by atoms with Crippen molar-refractivity contribution in [1.82, 2.24) is 25.0 Å². The van der Waals surface area contributed by atoms with Gasteiger partial charge in [-0.15, -0.1) is 15.3 Å². The number of aromatic nitrogens is 5. The second-order valence-corrected chi connectivity index (χ2v) is 7.39. The summed E-state index contributed by atoms with van der Waals surface area (Å²) >= 11 is 11.7. The standard InChI is InChI=1S/C13H7Cl2F3N6O2S/c14-7-2-1-6(5-8(7)15)11-20-12(13(16,17)18)23-24(11)9-3-4-10(22-21-9)27(19,25)26/h1-5H,(H2,19,25,26). The lowest BCUT2D eigenvalue weighted by molar-refractivity contribution is -0.144. The first-order chi connectivity index (χ1) is 12.5. The van der Waals surface area contributed by atoms with Crippen molar-refractivity contribution in [3.63, 3.8) is 0 Å². The Hall–Kier alpha value is -2.28. The molecule has 0 unspecified atom stereocenters. The van der Waals surface area contributed by atoms with Crippen molar-refractivity contribution in [2.75, 3.05) is 0 Å². The molecule has 2 heterocycles. The summed E-state index contributed by atoms with van der Waals surface area (Å²) in [4.78, 5) is 3.48.